The van der Waals surface area contributed by atoms with Crippen LogP contribution in [0.4, 0.5) is 0 Å². The van der Waals surface area contributed by atoms with Crippen LogP contribution in [0, 0.1) is 0 Å². The number of benzene rings is 1. The molecule has 1 saturated heterocycles. The minimum Gasteiger partial charge on any atom is -0.389 e. The van der Waals surface area contributed by atoms with Gasteiger partial charge in [-0.05, 0) is 48.8 Å². The van der Waals surface area contributed by atoms with Crippen LogP contribution in [-0.2, 0) is 11.2 Å². The molecule has 1 aromatic rings. The monoisotopic (exact) mass is 336 g/mol. The van der Waals surface area contributed by atoms with E-state index >= 15 is 0 Å². The van der Waals surface area contributed by atoms with Gasteiger partial charge in [-0.1, -0.05) is 24.3 Å². The number of carbonyl (C=O) groups excluding carboxylic acids is 1. The first kappa shape index (κ1) is 18.3. The van der Waals surface area contributed by atoms with Crippen LogP contribution in [0.3, 0.4) is 0 Å². The van der Waals surface area contributed by atoms with Crippen LogP contribution in [0.15, 0.2) is 24.3 Å². The number of amides is 1. The number of carbonyl (C=O) groups is 1. The lowest BCUT2D eigenvalue weighted by atomic mass is 9.96. The maximum atomic E-state index is 10.9. The molecule has 0 radical (unpaired) electrons. The van der Waals surface area contributed by atoms with Crippen molar-refractivity contribution in [2.24, 2.45) is 0 Å². The summed E-state index contributed by atoms with van der Waals surface area (Å²) in [6.07, 6.45) is 2.60. The highest BCUT2D eigenvalue weighted by atomic mass is 32.2. The molecule has 128 valence electrons. The Kier molecular flexibility index (Phi) is 6.93. The molecular weight excluding hydrogens is 308 g/mol. The van der Waals surface area contributed by atoms with Crippen molar-refractivity contribution in [1.82, 2.24) is 10.6 Å². The highest BCUT2D eigenvalue weighted by Gasteiger charge is 2.29. The minimum absolute atomic E-state index is 0.0125. The molecule has 1 aliphatic heterocycles. The van der Waals surface area contributed by atoms with Crippen LogP contribution >= 0.6 is 11.8 Å². The van der Waals surface area contributed by atoms with E-state index in [1.54, 1.807) is 0 Å². The molecule has 23 heavy (non-hydrogen) atoms. The maximum Gasteiger partial charge on any atom is 0.216 e. The van der Waals surface area contributed by atoms with Gasteiger partial charge in [0.05, 0.1) is 5.60 Å². The fourth-order valence-corrected chi connectivity index (χ4v) is 4.00. The summed E-state index contributed by atoms with van der Waals surface area (Å²) in [5, 5.41) is 16.8. The molecule has 1 aromatic carbocycles. The number of hydrogen-bond acceptors (Lipinski definition) is 4. The Morgan fingerprint density at radius 3 is 2.57 bits per heavy atom. The zero-order valence-electron chi connectivity index (χ0n) is 14.1. The molecule has 5 heteroatoms. The molecule has 0 bridgehead atoms. The summed E-state index contributed by atoms with van der Waals surface area (Å²) in [6.45, 7) is 5.00. The lowest BCUT2D eigenvalue weighted by Gasteiger charge is -2.33. The van der Waals surface area contributed by atoms with Gasteiger partial charge in [-0.25, -0.2) is 0 Å². The predicted octanol–water partition coefficient (Wildman–Crippen LogP) is 2.27. The van der Waals surface area contributed by atoms with Crippen molar-refractivity contribution in [2.45, 2.75) is 44.8 Å². The van der Waals surface area contributed by atoms with Gasteiger partial charge in [0.25, 0.3) is 0 Å². The van der Waals surface area contributed by atoms with Crippen LogP contribution in [0.5, 0.6) is 0 Å². The quantitative estimate of drug-likeness (QED) is 0.715. The second-order valence-electron chi connectivity index (χ2n) is 6.41. The highest BCUT2D eigenvalue weighted by Crippen LogP contribution is 2.27. The summed E-state index contributed by atoms with van der Waals surface area (Å²) in [7, 11) is 0. The van der Waals surface area contributed by atoms with Gasteiger partial charge in [-0.2, -0.15) is 11.8 Å². The van der Waals surface area contributed by atoms with Crippen LogP contribution in [-0.4, -0.2) is 41.2 Å². The molecule has 1 atom stereocenters. The van der Waals surface area contributed by atoms with Crippen molar-refractivity contribution >= 4 is 17.7 Å². The lowest BCUT2D eigenvalue weighted by Crippen LogP contribution is -2.44. The number of hydrogen-bond donors (Lipinski definition) is 3. The molecule has 1 unspecified atom stereocenters. The van der Waals surface area contributed by atoms with Crippen molar-refractivity contribution in [3.8, 4) is 0 Å². The van der Waals surface area contributed by atoms with Crippen LogP contribution in [0.25, 0.3) is 0 Å². The Labute approximate surface area is 143 Å². The normalized spacial score (nSPS) is 18.4. The first-order valence-corrected chi connectivity index (χ1v) is 9.51. The Hall–Kier alpha value is -1.04. The van der Waals surface area contributed by atoms with E-state index < -0.39 is 5.60 Å². The average Bonchev–Trinajstić information content (AvgIpc) is 2.54. The fraction of sp³-hybridized carbons (Fsp3) is 0.611. The average molecular weight is 337 g/mol. The predicted molar refractivity (Wildman–Crippen MR) is 96.8 cm³/mol. The van der Waals surface area contributed by atoms with Gasteiger partial charge in [0.15, 0.2) is 0 Å². The van der Waals surface area contributed by atoms with Gasteiger partial charge in [-0.3, -0.25) is 4.79 Å². The van der Waals surface area contributed by atoms with E-state index in [2.05, 4.69) is 41.8 Å². The molecule has 3 N–H and O–H groups in total. The fourth-order valence-electron chi connectivity index (χ4n) is 2.74. The molecule has 0 aliphatic carbocycles. The molecule has 0 saturated carbocycles. The third-order valence-electron chi connectivity index (χ3n) is 4.43. The van der Waals surface area contributed by atoms with Gasteiger partial charge in [0.1, 0.15) is 0 Å². The zero-order chi connectivity index (χ0) is 16.7. The van der Waals surface area contributed by atoms with Gasteiger partial charge < -0.3 is 15.7 Å². The van der Waals surface area contributed by atoms with E-state index in [9.17, 15) is 9.90 Å². The van der Waals surface area contributed by atoms with E-state index in [1.165, 1.54) is 18.1 Å². The third kappa shape index (κ3) is 6.16. The molecule has 2 rings (SSSR count). The van der Waals surface area contributed by atoms with E-state index in [4.69, 9.17) is 0 Å². The lowest BCUT2D eigenvalue weighted by molar-refractivity contribution is -0.118. The van der Waals surface area contributed by atoms with E-state index in [0.29, 0.717) is 13.1 Å². The van der Waals surface area contributed by atoms with Crippen molar-refractivity contribution < 1.29 is 9.90 Å². The topological polar surface area (TPSA) is 61.4 Å². The van der Waals surface area contributed by atoms with Crippen molar-refractivity contribution in [1.29, 1.82) is 0 Å². The largest absolute Gasteiger partial charge is 0.389 e. The summed E-state index contributed by atoms with van der Waals surface area (Å²) >= 11 is 1.92. The Morgan fingerprint density at radius 2 is 1.96 bits per heavy atom. The van der Waals surface area contributed by atoms with E-state index in [-0.39, 0.29) is 11.9 Å². The van der Waals surface area contributed by atoms with Crippen molar-refractivity contribution in [2.75, 3.05) is 24.6 Å². The summed E-state index contributed by atoms with van der Waals surface area (Å²) in [5.41, 5.74) is 1.90. The summed E-state index contributed by atoms with van der Waals surface area (Å²) in [5.74, 6) is 2.11. The molecule has 0 aromatic heterocycles. The molecule has 1 aliphatic rings. The van der Waals surface area contributed by atoms with Gasteiger partial charge in [0, 0.05) is 26.1 Å². The number of thioether (sulfide) groups is 1. The van der Waals surface area contributed by atoms with Crippen LogP contribution in [0.1, 0.15) is 43.9 Å². The SMILES string of the molecule is CC(=O)NCCc1ccc(C(C)NCC2(O)CCSCC2)cc1. The number of aliphatic hydroxyl groups is 1. The van der Waals surface area contributed by atoms with Crippen molar-refractivity contribution in [3.05, 3.63) is 35.4 Å². The van der Waals surface area contributed by atoms with Gasteiger partial charge in [0.2, 0.25) is 5.91 Å². The standard InChI is InChI=1S/C18H28N2O2S/c1-14(20-13-18(22)8-11-23-12-9-18)17-5-3-16(4-6-17)7-10-19-15(2)21/h3-6,14,20,22H,7-13H2,1-2H3,(H,19,21). The number of nitrogens with one attached hydrogen (secondary N) is 2. The number of rotatable bonds is 7. The summed E-state index contributed by atoms with van der Waals surface area (Å²) in [4.78, 5) is 10.9. The van der Waals surface area contributed by atoms with E-state index in [1.807, 2.05) is 11.8 Å². The van der Waals surface area contributed by atoms with Gasteiger partial charge in [-0.15, -0.1) is 0 Å². The second kappa shape index (κ2) is 8.71. The van der Waals surface area contributed by atoms with Crippen LogP contribution in [0.2, 0.25) is 0 Å². The molecule has 1 fully saturated rings. The summed E-state index contributed by atoms with van der Waals surface area (Å²) in [6, 6.07) is 8.70. The van der Waals surface area contributed by atoms with Crippen LogP contribution < -0.4 is 10.6 Å². The molecule has 1 heterocycles. The zero-order valence-corrected chi connectivity index (χ0v) is 14.9. The second-order valence-corrected chi connectivity index (χ2v) is 7.64. The first-order chi connectivity index (χ1) is 11.0. The van der Waals surface area contributed by atoms with Gasteiger partial charge >= 0.3 is 0 Å². The Morgan fingerprint density at radius 1 is 1.30 bits per heavy atom. The minimum atomic E-state index is -0.544. The summed E-state index contributed by atoms with van der Waals surface area (Å²) < 4.78 is 0. The maximum absolute atomic E-state index is 10.9. The highest BCUT2D eigenvalue weighted by molar-refractivity contribution is 7.99. The molecule has 0 spiro atoms. The smallest absolute Gasteiger partial charge is 0.216 e. The first-order valence-electron chi connectivity index (χ1n) is 8.35. The molecule has 1 amide bonds. The Balaban J connectivity index is 1.80. The molecule has 4 nitrogen and oxygen atoms in total. The third-order valence-corrected chi connectivity index (χ3v) is 5.41. The Bertz CT molecular complexity index is 498. The van der Waals surface area contributed by atoms with Crippen molar-refractivity contribution in [3.63, 3.8) is 0 Å². The van der Waals surface area contributed by atoms with E-state index in [0.717, 1.165) is 30.8 Å². The molecular formula is C18H28N2O2S.